The molecule has 6 heteroatoms. The lowest BCUT2D eigenvalue weighted by Gasteiger charge is -2.16. The molecule has 19 heavy (non-hydrogen) atoms. The summed E-state index contributed by atoms with van der Waals surface area (Å²) in [5.41, 5.74) is 0.649. The van der Waals surface area contributed by atoms with Gasteiger partial charge < -0.3 is 14.4 Å². The second-order valence-electron chi connectivity index (χ2n) is 4.00. The summed E-state index contributed by atoms with van der Waals surface area (Å²) in [5.74, 6) is -1.62. The lowest BCUT2D eigenvalue weighted by atomic mass is 10.1. The van der Waals surface area contributed by atoms with Gasteiger partial charge in [0.1, 0.15) is 5.69 Å². The fourth-order valence-corrected chi connectivity index (χ4v) is 1.66. The maximum absolute atomic E-state index is 12.2. The molecule has 6 nitrogen and oxygen atoms in total. The van der Waals surface area contributed by atoms with Crippen molar-refractivity contribution in [2.45, 2.75) is 6.54 Å². The van der Waals surface area contributed by atoms with Gasteiger partial charge in [-0.05, 0) is 18.2 Å². The first-order valence-corrected chi connectivity index (χ1v) is 5.54. The Morgan fingerprint density at radius 3 is 2.84 bits per heavy atom. The standard InChI is InChI=1S/C13H12N2O4/c1-15(7-9-4-6-19-8-9)12(16)11-10(13(17)18)3-2-5-14-11/h2-6,8H,7H2,1H3,(H,17,18). The van der Waals surface area contributed by atoms with Crippen molar-refractivity contribution in [2.24, 2.45) is 0 Å². The van der Waals surface area contributed by atoms with Gasteiger partial charge in [-0.25, -0.2) is 4.79 Å². The molecule has 0 atom stereocenters. The summed E-state index contributed by atoms with van der Waals surface area (Å²) >= 11 is 0. The van der Waals surface area contributed by atoms with Crippen LogP contribution in [0.15, 0.2) is 41.3 Å². The van der Waals surface area contributed by atoms with Gasteiger partial charge in [-0.15, -0.1) is 0 Å². The predicted molar refractivity (Wildman–Crippen MR) is 65.7 cm³/mol. The monoisotopic (exact) mass is 260 g/mol. The van der Waals surface area contributed by atoms with Crippen molar-refractivity contribution < 1.29 is 19.1 Å². The minimum absolute atomic E-state index is 0.0685. The van der Waals surface area contributed by atoms with Gasteiger partial charge in [0.15, 0.2) is 0 Å². The van der Waals surface area contributed by atoms with Crippen molar-refractivity contribution in [3.63, 3.8) is 0 Å². The quantitative estimate of drug-likeness (QED) is 0.903. The third kappa shape index (κ3) is 2.79. The lowest BCUT2D eigenvalue weighted by Crippen LogP contribution is -2.28. The SMILES string of the molecule is CN(Cc1ccoc1)C(=O)c1ncccc1C(=O)O. The van der Waals surface area contributed by atoms with Gasteiger partial charge in [0, 0.05) is 25.4 Å². The summed E-state index contributed by atoms with van der Waals surface area (Å²) in [7, 11) is 1.58. The Kier molecular flexibility index (Phi) is 3.61. The average Bonchev–Trinajstić information content (AvgIpc) is 2.90. The number of hydrogen-bond acceptors (Lipinski definition) is 4. The van der Waals surface area contributed by atoms with Crippen LogP contribution in [0.5, 0.6) is 0 Å². The van der Waals surface area contributed by atoms with Crippen LogP contribution in [0.1, 0.15) is 26.4 Å². The maximum atomic E-state index is 12.2. The van der Waals surface area contributed by atoms with E-state index >= 15 is 0 Å². The number of rotatable bonds is 4. The molecule has 0 aliphatic rings. The van der Waals surface area contributed by atoms with E-state index in [9.17, 15) is 9.59 Å². The average molecular weight is 260 g/mol. The molecule has 2 aromatic rings. The Labute approximate surface area is 109 Å². The van der Waals surface area contributed by atoms with E-state index in [2.05, 4.69) is 4.98 Å². The molecule has 0 fully saturated rings. The van der Waals surface area contributed by atoms with Crippen LogP contribution in [0.4, 0.5) is 0 Å². The van der Waals surface area contributed by atoms with Crippen molar-refractivity contribution in [3.8, 4) is 0 Å². The number of aromatic nitrogens is 1. The summed E-state index contributed by atoms with van der Waals surface area (Å²) in [6, 6.07) is 4.57. The molecule has 0 radical (unpaired) electrons. The second-order valence-corrected chi connectivity index (χ2v) is 4.00. The zero-order valence-electron chi connectivity index (χ0n) is 10.2. The molecule has 2 aromatic heterocycles. The van der Waals surface area contributed by atoms with Crippen LogP contribution in [0.2, 0.25) is 0 Å². The molecule has 0 aliphatic carbocycles. The van der Waals surface area contributed by atoms with Crippen LogP contribution in [0, 0.1) is 0 Å². The first kappa shape index (κ1) is 12.8. The lowest BCUT2D eigenvalue weighted by molar-refractivity contribution is 0.0678. The van der Waals surface area contributed by atoms with E-state index in [4.69, 9.17) is 9.52 Å². The maximum Gasteiger partial charge on any atom is 0.338 e. The van der Waals surface area contributed by atoms with Crippen molar-refractivity contribution >= 4 is 11.9 Å². The fourth-order valence-electron chi connectivity index (χ4n) is 1.66. The molecular weight excluding hydrogens is 248 g/mol. The number of hydrogen-bond donors (Lipinski definition) is 1. The zero-order valence-corrected chi connectivity index (χ0v) is 10.2. The highest BCUT2D eigenvalue weighted by Crippen LogP contribution is 2.11. The number of carboxylic acid groups (broad SMARTS) is 1. The van der Waals surface area contributed by atoms with Gasteiger partial charge in [-0.2, -0.15) is 0 Å². The Balaban J connectivity index is 2.22. The third-order valence-electron chi connectivity index (χ3n) is 2.59. The molecule has 0 bridgehead atoms. The Morgan fingerprint density at radius 1 is 1.42 bits per heavy atom. The highest BCUT2D eigenvalue weighted by Gasteiger charge is 2.20. The summed E-state index contributed by atoms with van der Waals surface area (Å²) in [5, 5.41) is 9.03. The van der Waals surface area contributed by atoms with E-state index < -0.39 is 11.9 Å². The molecule has 0 aromatic carbocycles. The molecule has 2 rings (SSSR count). The minimum Gasteiger partial charge on any atom is -0.478 e. The number of carbonyl (C=O) groups excluding carboxylic acids is 1. The van der Waals surface area contributed by atoms with E-state index in [-0.39, 0.29) is 11.3 Å². The highest BCUT2D eigenvalue weighted by atomic mass is 16.4. The first-order chi connectivity index (χ1) is 9.09. The third-order valence-corrected chi connectivity index (χ3v) is 2.59. The molecular formula is C13H12N2O4. The van der Waals surface area contributed by atoms with Crippen molar-refractivity contribution in [1.29, 1.82) is 0 Å². The predicted octanol–water partition coefficient (Wildman–Crippen LogP) is 1.65. The van der Waals surface area contributed by atoms with E-state index in [0.717, 1.165) is 5.56 Å². The fraction of sp³-hybridized carbons (Fsp3) is 0.154. The van der Waals surface area contributed by atoms with Crippen molar-refractivity contribution in [3.05, 3.63) is 53.7 Å². The van der Waals surface area contributed by atoms with Crippen LogP contribution in [0.25, 0.3) is 0 Å². The van der Waals surface area contributed by atoms with E-state index in [0.29, 0.717) is 6.54 Å². The van der Waals surface area contributed by atoms with E-state index in [1.807, 2.05) is 0 Å². The highest BCUT2D eigenvalue weighted by molar-refractivity contribution is 6.03. The number of pyridine rings is 1. The number of aromatic carboxylic acids is 1. The summed E-state index contributed by atoms with van der Waals surface area (Å²) < 4.78 is 4.92. The summed E-state index contributed by atoms with van der Waals surface area (Å²) in [6.45, 7) is 0.324. The van der Waals surface area contributed by atoms with Crippen LogP contribution < -0.4 is 0 Å². The van der Waals surface area contributed by atoms with Gasteiger partial charge in [-0.1, -0.05) is 0 Å². The smallest absolute Gasteiger partial charge is 0.338 e. The molecule has 1 N–H and O–H groups in total. The zero-order chi connectivity index (χ0) is 13.8. The molecule has 0 saturated carbocycles. The largest absolute Gasteiger partial charge is 0.478 e. The van der Waals surface area contributed by atoms with Gasteiger partial charge in [0.25, 0.3) is 5.91 Å². The first-order valence-electron chi connectivity index (χ1n) is 5.54. The minimum atomic E-state index is -1.17. The normalized spacial score (nSPS) is 10.2. The van der Waals surface area contributed by atoms with Gasteiger partial charge >= 0.3 is 5.97 Å². The summed E-state index contributed by atoms with van der Waals surface area (Å²) in [6.07, 6.45) is 4.43. The number of amides is 1. The molecule has 1 amide bonds. The van der Waals surface area contributed by atoms with Crippen LogP contribution in [-0.2, 0) is 6.54 Å². The molecule has 2 heterocycles. The Bertz CT molecular complexity index is 592. The molecule has 0 saturated heterocycles. The Morgan fingerprint density at radius 2 is 2.21 bits per heavy atom. The molecule has 98 valence electrons. The number of carbonyl (C=O) groups is 2. The van der Waals surface area contributed by atoms with Crippen LogP contribution >= 0.6 is 0 Å². The Hall–Kier alpha value is -2.63. The number of carboxylic acids is 1. The molecule has 0 spiro atoms. The van der Waals surface area contributed by atoms with Crippen LogP contribution in [-0.4, -0.2) is 33.9 Å². The van der Waals surface area contributed by atoms with E-state index in [1.165, 1.54) is 35.8 Å². The molecule has 0 aliphatic heterocycles. The van der Waals surface area contributed by atoms with Crippen molar-refractivity contribution in [2.75, 3.05) is 7.05 Å². The van der Waals surface area contributed by atoms with Gasteiger partial charge in [-0.3, -0.25) is 9.78 Å². The number of nitrogens with zero attached hydrogens (tertiary/aromatic N) is 2. The van der Waals surface area contributed by atoms with Crippen molar-refractivity contribution in [1.82, 2.24) is 9.88 Å². The molecule has 0 unspecified atom stereocenters. The summed E-state index contributed by atoms with van der Waals surface area (Å²) in [4.78, 5) is 28.4. The van der Waals surface area contributed by atoms with Crippen LogP contribution in [0.3, 0.4) is 0 Å². The topological polar surface area (TPSA) is 83.6 Å². The second kappa shape index (κ2) is 5.34. The van der Waals surface area contributed by atoms with E-state index in [1.54, 1.807) is 13.1 Å². The number of furan rings is 1. The van der Waals surface area contributed by atoms with Gasteiger partial charge in [0.05, 0.1) is 18.1 Å². The van der Waals surface area contributed by atoms with Gasteiger partial charge in [0.2, 0.25) is 0 Å².